The Kier molecular flexibility index (Phi) is 7.31. The van der Waals surface area contributed by atoms with Crippen molar-refractivity contribution in [3.8, 4) is 0 Å². The third-order valence-corrected chi connectivity index (χ3v) is 9.55. The summed E-state index contributed by atoms with van der Waals surface area (Å²) >= 11 is 1.67. The van der Waals surface area contributed by atoms with Crippen LogP contribution in [0.25, 0.3) is 0 Å². The van der Waals surface area contributed by atoms with Gasteiger partial charge in [0, 0.05) is 18.4 Å². The van der Waals surface area contributed by atoms with Gasteiger partial charge in [-0.15, -0.1) is 11.3 Å². The largest absolute Gasteiger partial charge is 0.417 e. The molecule has 0 amide bonds. The highest BCUT2D eigenvalue weighted by molar-refractivity contribution is 7.07. The van der Waals surface area contributed by atoms with Crippen molar-refractivity contribution < 1.29 is 4.43 Å². The summed E-state index contributed by atoms with van der Waals surface area (Å²) in [4.78, 5) is 4.31. The molecule has 0 atom stereocenters. The van der Waals surface area contributed by atoms with E-state index in [-0.39, 0.29) is 0 Å². The average Bonchev–Trinajstić information content (AvgIpc) is 2.87. The topological polar surface area (TPSA) is 22.1 Å². The van der Waals surface area contributed by atoms with Gasteiger partial charge in [0.05, 0.1) is 11.2 Å². The third kappa shape index (κ3) is 6.89. The van der Waals surface area contributed by atoms with E-state index in [1.807, 2.05) is 5.51 Å². The number of allylic oxidation sites excluding steroid dienone is 2. The first kappa shape index (κ1) is 18.6. The second-order valence-electron chi connectivity index (χ2n) is 7.30. The fraction of sp³-hybridized carbons (Fsp3) is 0.706. The lowest BCUT2D eigenvalue weighted by molar-refractivity contribution is 0.279. The van der Waals surface area contributed by atoms with Crippen LogP contribution in [0, 0.1) is 0 Å². The first-order valence-electron chi connectivity index (χ1n) is 7.89. The van der Waals surface area contributed by atoms with E-state index in [4.69, 9.17) is 4.43 Å². The molecule has 0 N–H and O–H groups in total. The zero-order valence-corrected chi connectivity index (χ0v) is 16.3. The van der Waals surface area contributed by atoms with Crippen molar-refractivity contribution in [2.75, 3.05) is 6.61 Å². The zero-order chi connectivity index (χ0) is 15.9. The Morgan fingerprint density at radius 1 is 1.33 bits per heavy atom. The van der Waals surface area contributed by atoms with Crippen LogP contribution in [0.4, 0.5) is 0 Å². The molecule has 2 nitrogen and oxygen atoms in total. The molecule has 0 aromatic carbocycles. The second kappa shape index (κ2) is 8.25. The number of rotatable bonds is 8. The van der Waals surface area contributed by atoms with Crippen LogP contribution >= 0.6 is 11.3 Å². The lowest BCUT2D eigenvalue weighted by atomic mass is 10.1. The molecular weight excluding hydrogens is 294 g/mol. The van der Waals surface area contributed by atoms with Crippen molar-refractivity contribution in [2.24, 2.45) is 0 Å². The van der Waals surface area contributed by atoms with Crippen molar-refractivity contribution in [3.63, 3.8) is 0 Å². The van der Waals surface area contributed by atoms with Gasteiger partial charge in [-0.2, -0.15) is 0 Å². The quantitative estimate of drug-likeness (QED) is 0.341. The van der Waals surface area contributed by atoms with E-state index in [0.29, 0.717) is 5.04 Å². The molecule has 0 aliphatic rings. The third-order valence-electron chi connectivity index (χ3n) is 4.38. The molecule has 0 aliphatic carbocycles. The van der Waals surface area contributed by atoms with Gasteiger partial charge in [0.15, 0.2) is 8.32 Å². The summed E-state index contributed by atoms with van der Waals surface area (Å²) in [5, 5.41) is 2.44. The van der Waals surface area contributed by atoms with Crippen molar-refractivity contribution in [3.05, 3.63) is 28.2 Å². The summed E-state index contributed by atoms with van der Waals surface area (Å²) in [7, 11) is -1.56. The summed E-state index contributed by atoms with van der Waals surface area (Å²) < 4.78 is 6.21. The molecule has 0 fully saturated rings. The van der Waals surface area contributed by atoms with Crippen LogP contribution in [-0.2, 0) is 10.8 Å². The molecular formula is C17H31NOSSi. The van der Waals surface area contributed by atoms with E-state index in [1.54, 1.807) is 11.3 Å². The Labute approximate surface area is 135 Å². The molecule has 4 heteroatoms. The average molecular weight is 326 g/mol. The van der Waals surface area contributed by atoms with Crippen molar-refractivity contribution in [2.45, 2.75) is 71.5 Å². The SMILES string of the molecule is C/C(=C\Cc1cscn1)CCCCO[Si](C)(C)C(C)(C)C. The molecule has 21 heavy (non-hydrogen) atoms. The number of unbranched alkanes of at least 4 members (excludes halogenated alkanes) is 1. The maximum atomic E-state index is 6.21. The van der Waals surface area contributed by atoms with Gasteiger partial charge in [0.2, 0.25) is 0 Å². The summed E-state index contributed by atoms with van der Waals surface area (Å²) in [6.45, 7) is 14.7. The number of nitrogens with zero attached hydrogens (tertiary/aromatic N) is 1. The van der Waals surface area contributed by atoms with Crippen molar-refractivity contribution in [1.82, 2.24) is 4.98 Å². The van der Waals surface area contributed by atoms with Gasteiger partial charge in [0.1, 0.15) is 0 Å². The molecule has 0 saturated heterocycles. The number of aromatic nitrogens is 1. The van der Waals surface area contributed by atoms with Crippen LogP contribution in [0.3, 0.4) is 0 Å². The summed E-state index contributed by atoms with van der Waals surface area (Å²) in [5.74, 6) is 0. The van der Waals surface area contributed by atoms with Crippen LogP contribution in [-0.4, -0.2) is 19.9 Å². The highest BCUT2D eigenvalue weighted by Gasteiger charge is 2.36. The number of hydrogen-bond donors (Lipinski definition) is 0. The molecule has 0 unspecified atom stereocenters. The van der Waals surface area contributed by atoms with Crippen LogP contribution in [0.1, 0.15) is 52.7 Å². The summed E-state index contributed by atoms with van der Waals surface area (Å²) in [6.07, 6.45) is 6.83. The van der Waals surface area contributed by atoms with Gasteiger partial charge in [-0.25, -0.2) is 4.98 Å². The van der Waals surface area contributed by atoms with Gasteiger partial charge in [0.25, 0.3) is 0 Å². The molecule has 1 aromatic rings. The standard InChI is InChI=1S/C17H31NOSSi/c1-15(10-11-16-13-20-14-18-16)9-7-8-12-19-21(5,6)17(2,3)4/h10,13-14H,7-9,11-12H2,1-6H3/b15-10+. The fourth-order valence-corrected chi connectivity index (χ4v) is 3.43. The van der Waals surface area contributed by atoms with E-state index in [9.17, 15) is 0 Å². The molecule has 0 bridgehead atoms. The van der Waals surface area contributed by atoms with E-state index in [1.165, 1.54) is 24.1 Å². The van der Waals surface area contributed by atoms with E-state index in [2.05, 4.69) is 57.2 Å². The van der Waals surface area contributed by atoms with Crippen LogP contribution in [0.15, 0.2) is 22.5 Å². The number of thiazole rings is 1. The molecule has 1 heterocycles. The zero-order valence-electron chi connectivity index (χ0n) is 14.5. The van der Waals surface area contributed by atoms with E-state index < -0.39 is 8.32 Å². The maximum Gasteiger partial charge on any atom is 0.191 e. The maximum absolute atomic E-state index is 6.21. The van der Waals surface area contributed by atoms with Gasteiger partial charge in [-0.3, -0.25) is 0 Å². The van der Waals surface area contributed by atoms with Gasteiger partial charge in [-0.1, -0.05) is 32.4 Å². The Hall–Kier alpha value is -0.453. The lowest BCUT2D eigenvalue weighted by Gasteiger charge is -2.36. The number of hydrogen-bond acceptors (Lipinski definition) is 3. The molecule has 1 rings (SSSR count). The minimum Gasteiger partial charge on any atom is -0.417 e. The Morgan fingerprint density at radius 2 is 2.05 bits per heavy atom. The highest BCUT2D eigenvalue weighted by Crippen LogP contribution is 2.36. The first-order chi connectivity index (χ1) is 9.72. The first-order valence-corrected chi connectivity index (χ1v) is 11.7. The highest BCUT2D eigenvalue weighted by atomic mass is 32.1. The monoisotopic (exact) mass is 325 g/mol. The predicted molar refractivity (Wildman–Crippen MR) is 96.6 cm³/mol. The molecule has 0 spiro atoms. The van der Waals surface area contributed by atoms with Gasteiger partial charge >= 0.3 is 0 Å². The van der Waals surface area contributed by atoms with Gasteiger partial charge < -0.3 is 4.43 Å². The Balaban J connectivity index is 2.18. The van der Waals surface area contributed by atoms with Crippen LogP contribution in [0.2, 0.25) is 18.1 Å². The molecule has 0 saturated carbocycles. The van der Waals surface area contributed by atoms with Crippen LogP contribution in [0.5, 0.6) is 0 Å². The smallest absolute Gasteiger partial charge is 0.191 e. The van der Waals surface area contributed by atoms with Crippen molar-refractivity contribution in [1.29, 1.82) is 0 Å². The van der Waals surface area contributed by atoms with Crippen molar-refractivity contribution >= 4 is 19.7 Å². The summed E-state index contributed by atoms with van der Waals surface area (Å²) in [5.41, 5.74) is 4.55. The minimum absolute atomic E-state index is 0.316. The molecule has 0 radical (unpaired) electrons. The minimum atomic E-state index is -1.56. The Bertz CT molecular complexity index is 432. The normalized spacial score (nSPS) is 13.7. The van der Waals surface area contributed by atoms with Gasteiger partial charge in [-0.05, 0) is 44.3 Å². The Morgan fingerprint density at radius 3 is 2.62 bits per heavy atom. The van der Waals surface area contributed by atoms with E-state index in [0.717, 1.165) is 19.4 Å². The second-order valence-corrected chi connectivity index (χ2v) is 12.8. The van der Waals surface area contributed by atoms with Crippen LogP contribution < -0.4 is 0 Å². The molecule has 0 aliphatic heterocycles. The lowest BCUT2D eigenvalue weighted by Crippen LogP contribution is -2.40. The van der Waals surface area contributed by atoms with E-state index >= 15 is 0 Å². The predicted octanol–water partition coefficient (Wildman–Crippen LogP) is 5.82. The summed E-state index contributed by atoms with van der Waals surface area (Å²) in [6, 6.07) is 0. The fourth-order valence-electron chi connectivity index (χ4n) is 1.77. The molecule has 120 valence electrons. The molecule has 1 aromatic heterocycles.